The first-order valence-corrected chi connectivity index (χ1v) is 5.43. The Morgan fingerprint density at radius 3 is 2.56 bits per heavy atom. The topological polar surface area (TPSA) is 30.7 Å². The van der Waals surface area contributed by atoms with Crippen LogP contribution in [-0.4, -0.2) is 14.8 Å². The van der Waals surface area contributed by atoms with Crippen LogP contribution in [0.25, 0.3) is 11.3 Å². The number of rotatable bonds is 1. The molecule has 0 aliphatic heterocycles. The molecule has 0 saturated heterocycles. The molecule has 2 heterocycles. The number of pyridine rings is 1. The zero-order chi connectivity index (χ0) is 11.8. The van der Waals surface area contributed by atoms with Gasteiger partial charge >= 0.3 is 0 Å². The number of hydrogen-bond acceptors (Lipinski definition) is 2. The predicted molar refractivity (Wildman–Crippen MR) is 65.1 cm³/mol. The Kier molecular flexibility index (Phi) is 2.54. The zero-order valence-corrected chi connectivity index (χ0v) is 10.2. The van der Waals surface area contributed by atoms with Crippen LogP contribution in [0.15, 0.2) is 30.7 Å². The van der Waals surface area contributed by atoms with E-state index in [0.717, 1.165) is 11.3 Å². The van der Waals surface area contributed by atoms with Crippen LogP contribution in [0.2, 0.25) is 0 Å². The zero-order valence-electron chi connectivity index (χ0n) is 10.2. The monoisotopic (exact) mass is 215 g/mol. The maximum Gasteiger partial charge on any atom is 0.0975 e. The summed E-state index contributed by atoms with van der Waals surface area (Å²) in [6.07, 6.45) is 5.73. The average Bonchev–Trinajstić information content (AvgIpc) is 2.61. The van der Waals surface area contributed by atoms with Crippen molar-refractivity contribution < 1.29 is 0 Å². The second kappa shape index (κ2) is 3.74. The van der Waals surface area contributed by atoms with Crippen LogP contribution in [-0.2, 0) is 12.5 Å². The van der Waals surface area contributed by atoms with E-state index in [2.05, 4.69) is 37.1 Å². The van der Waals surface area contributed by atoms with E-state index in [0.29, 0.717) is 0 Å². The van der Waals surface area contributed by atoms with Gasteiger partial charge in [0, 0.05) is 36.8 Å². The van der Waals surface area contributed by atoms with Crippen molar-refractivity contribution in [2.24, 2.45) is 7.05 Å². The molecule has 2 aromatic heterocycles. The molecular formula is C13H17N3. The Bertz CT molecular complexity index is 478. The average molecular weight is 215 g/mol. The minimum atomic E-state index is 0.0967. The van der Waals surface area contributed by atoms with E-state index in [1.165, 1.54) is 5.56 Å². The van der Waals surface area contributed by atoms with Crippen LogP contribution >= 0.6 is 0 Å². The molecule has 0 aliphatic carbocycles. The summed E-state index contributed by atoms with van der Waals surface area (Å²) < 4.78 is 1.86. The molecular weight excluding hydrogens is 198 g/mol. The van der Waals surface area contributed by atoms with E-state index in [1.807, 2.05) is 30.1 Å². The summed E-state index contributed by atoms with van der Waals surface area (Å²) in [5, 5.41) is 4.52. The molecule has 16 heavy (non-hydrogen) atoms. The van der Waals surface area contributed by atoms with Crippen molar-refractivity contribution in [3.8, 4) is 11.3 Å². The fourth-order valence-corrected chi connectivity index (χ4v) is 1.75. The smallest absolute Gasteiger partial charge is 0.0975 e. The highest BCUT2D eigenvalue weighted by Crippen LogP contribution is 2.31. The first-order chi connectivity index (χ1) is 7.48. The lowest BCUT2D eigenvalue weighted by atomic mass is 9.86. The quantitative estimate of drug-likeness (QED) is 0.732. The second-order valence-electron chi connectivity index (χ2n) is 5.06. The van der Waals surface area contributed by atoms with Crippen LogP contribution in [0.3, 0.4) is 0 Å². The Labute approximate surface area is 96.1 Å². The van der Waals surface area contributed by atoms with Gasteiger partial charge in [0.05, 0.1) is 5.69 Å². The first kappa shape index (κ1) is 10.9. The lowest BCUT2D eigenvalue weighted by Gasteiger charge is -2.18. The number of nitrogens with zero attached hydrogens (tertiary/aromatic N) is 3. The molecule has 0 fully saturated rings. The largest absolute Gasteiger partial charge is 0.275 e. The molecule has 0 unspecified atom stereocenters. The third-order valence-electron chi connectivity index (χ3n) is 2.57. The van der Waals surface area contributed by atoms with Crippen LogP contribution in [0.1, 0.15) is 26.3 Å². The molecule has 0 radical (unpaired) electrons. The normalized spacial score (nSPS) is 11.8. The van der Waals surface area contributed by atoms with E-state index in [-0.39, 0.29) is 5.41 Å². The molecule has 3 nitrogen and oxygen atoms in total. The Balaban J connectivity index is 2.58. The van der Waals surface area contributed by atoms with E-state index < -0.39 is 0 Å². The summed E-state index contributed by atoms with van der Waals surface area (Å²) in [6.45, 7) is 6.59. The van der Waals surface area contributed by atoms with E-state index in [1.54, 1.807) is 6.20 Å². The summed E-state index contributed by atoms with van der Waals surface area (Å²) in [7, 11) is 1.95. The Morgan fingerprint density at radius 1 is 1.25 bits per heavy atom. The van der Waals surface area contributed by atoms with Gasteiger partial charge in [-0.2, -0.15) is 5.10 Å². The molecule has 0 aromatic carbocycles. The minimum Gasteiger partial charge on any atom is -0.275 e. The highest BCUT2D eigenvalue weighted by atomic mass is 15.3. The van der Waals surface area contributed by atoms with Gasteiger partial charge in [0.1, 0.15) is 0 Å². The predicted octanol–water partition coefficient (Wildman–Crippen LogP) is 2.78. The Hall–Kier alpha value is -1.64. The summed E-state index contributed by atoms with van der Waals surface area (Å²) in [4.78, 5) is 4.14. The first-order valence-electron chi connectivity index (χ1n) is 5.43. The minimum absolute atomic E-state index is 0.0967. The molecule has 0 N–H and O–H groups in total. The summed E-state index contributed by atoms with van der Waals surface area (Å²) in [5.74, 6) is 0. The van der Waals surface area contributed by atoms with Gasteiger partial charge in [0.2, 0.25) is 0 Å². The molecule has 84 valence electrons. The van der Waals surface area contributed by atoms with Gasteiger partial charge in [-0.15, -0.1) is 0 Å². The van der Waals surface area contributed by atoms with Crippen LogP contribution in [0, 0.1) is 0 Å². The number of aryl methyl sites for hydroxylation is 1. The van der Waals surface area contributed by atoms with Gasteiger partial charge in [0.25, 0.3) is 0 Å². The van der Waals surface area contributed by atoms with Crippen LogP contribution in [0.5, 0.6) is 0 Å². The SMILES string of the molecule is Cn1cc(C(C)(C)C)c(-c2cccnc2)n1. The van der Waals surface area contributed by atoms with Gasteiger partial charge in [-0.05, 0) is 17.5 Å². The number of hydrogen-bond donors (Lipinski definition) is 0. The highest BCUT2D eigenvalue weighted by molar-refractivity contribution is 5.63. The van der Waals surface area contributed by atoms with Crippen molar-refractivity contribution in [1.29, 1.82) is 0 Å². The molecule has 2 aromatic rings. The van der Waals surface area contributed by atoms with Gasteiger partial charge < -0.3 is 0 Å². The standard InChI is InChI=1S/C13H17N3/c1-13(2,3)11-9-16(4)15-12(11)10-6-5-7-14-8-10/h5-9H,1-4H3. The molecule has 3 heteroatoms. The molecule has 0 saturated carbocycles. The van der Waals surface area contributed by atoms with Crippen molar-refractivity contribution in [3.63, 3.8) is 0 Å². The van der Waals surface area contributed by atoms with Crippen molar-refractivity contribution in [1.82, 2.24) is 14.8 Å². The molecule has 0 amide bonds. The van der Waals surface area contributed by atoms with Crippen molar-refractivity contribution in [2.75, 3.05) is 0 Å². The molecule has 0 atom stereocenters. The van der Waals surface area contributed by atoms with Gasteiger partial charge in [-0.1, -0.05) is 20.8 Å². The van der Waals surface area contributed by atoms with Gasteiger partial charge in [-0.25, -0.2) is 0 Å². The lowest BCUT2D eigenvalue weighted by Crippen LogP contribution is -2.11. The highest BCUT2D eigenvalue weighted by Gasteiger charge is 2.21. The molecule has 2 rings (SSSR count). The third-order valence-corrected chi connectivity index (χ3v) is 2.57. The van der Waals surface area contributed by atoms with Crippen LogP contribution < -0.4 is 0 Å². The molecule has 0 spiro atoms. The van der Waals surface area contributed by atoms with Crippen molar-refractivity contribution in [2.45, 2.75) is 26.2 Å². The molecule has 0 aliphatic rings. The molecule has 0 bridgehead atoms. The fraction of sp³-hybridized carbons (Fsp3) is 0.385. The maximum atomic E-state index is 4.52. The van der Waals surface area contributed by atoms with Crippen LogP contribution in [0.4, 0.5) is 0 Å². The summed E-state index contributed by atoms with van der Waals surface area (Å²) in [6, 6.07) is 3.99. The number of aromatic nitrogens is 3. The van der Waals surface area contributed by atoms with Gasteiger partial charge in [0.15, 0.2) is 0 Å². The lowest BCUT2D eigenvalue weighted by molar-refractivity contribution is 0.590. The fourth-order valence-electron chi connectivity index (χ4n) is 1.75. The summed E-state index contributed by atoms with van der Waals surface area (Å²) in [5.41, 5.74) is 3.46. The Morgan fingerprint density at radius 2 is 2.00 bits per heavy atom. The second-order valence-corrected chi connectivity index (χ2v) is 5.06. The summed E-state index contributed by atoms with van der Waals surface area (Å²) >= 11 is 0. The van der Waals surface area contributed by atoms with Crippen molar-refractivity contribution >= 4 is 0 Å². The van der Waals surface area contributed by atoms with Crippen molar-refractivity contribution in [3.05, 3.63) is 36.3 Å². The maximum absolute atomic E-state index is 4.52. The third kappa shape index (κ3) is 1.98. The van der Waals surface area contributed by atoms with Gasteiger partial charge in [-0.3, -0.25) is 9.67 Å². The van der Waals surface area contributed by atoms with E-state index in [4.69, 9.17) is 0 Å². The van der Waals surface area contributed by atoms with E-state index >= 15 is 0 Å². The van der Waals surface area contributed by atoms with E-state index in [9.17, 15) is 0 Å².